The molecule has 4 bridgehead atoms. The zero-order chi connectivity index (χ0) is 47.5. The van der Waals surface area contributed by atoms with Gasteiger partial charge in [-0.25, -0.2) is 4.21 Å². The molecule has 0 radical (unpaired) electrons. The van der Waals surface area contributed by atoms with Crippen molar-refractivity contribution < 1.29 is 37.7 Å². The molecule has 17 heteroatoms. The first-order valence-corrected chi connectivity index (χ1v) is 23.4. The van der Waals surface area contributed by atoms with Gasteiger partial charge in [-0.2, -0.15) is 0 Å². The predicted octanol–water partition coefficient (Wildman–Crippen LogP) is 3.28. The summed E-state index contributed by atoms with van der Waals surface area (Å²) < 4.78 is 26.4. The monoisotopic (exact) mass is 912 g/mol. The highest BCUT2D eigenvalue weighted by molar-refractivity contribution is 7.82. The lowest BCUT2D eigenvalue weighted by Gasteiger charge is -2.30. The van der Waals surface area contributed by atoms with Gasteiger partial charge in [0.25, 0.3) is 11.8 Å². The number of likely N-dealkylation sites (N-methyl/N-ethyl adjacent to an activating group) is 1. The Morgan fingerprint density at radius 3 is 1.94 bits per heavy atom. The van der Waals surface area contributed by atoms with E-state index in [1.165, 1.54) is 30.7 Å². The maximum absolute atomic E-state index is 14.3. The molecule has 16 nitrogen and oxygen atoms in total. The number of unbranched alkanes of at least 4 members (excludes halogenated alkanes) is 1. The summed E-state index contributed by atoms with van der Waals surface area (Å²) in [6, 6.07) is 21.9. The van der Waals surface area contributed by atoms with E-state index in [9.17, 15) is 28.2 Å². The number of benzene rings is 4. The van der Waals surface area contributed by atoms with Crippen molar-refractivity contribution in [2.75, 3.05) is 52.7 Å². The second-order valence-corrected chi connectivity index (χ2v) is 16.6. The number of aryl methyl sites for hydroxylation is 1. The molecule has 65 heavy (non-hydrogen) atoms. The standard InChI is InChI=1S/C45H55N7O8S.C3H9N/c1-5-6-7-29-8-11-31(12-9-29)32-13-15-33(16-14-32)43(55)48-27-40(53)52(3)41-34-17-19-39(60-23-21-47)36(26-34)35-24-30(10-18-38(35)59-22-20-46)25-37(44(56)51-61(4)58)50-42(54)28(2)49-45(41)57;1-2-3-4/h8-19,24,26,28,37,41H,5-7,20-23,25,27,46-47H2,1-4H3,(H,48,55)(H,49,57)(H,50,54)(H,51,56);2-4H2,1H3/t28-,37?,41?,61?;/m0./s1. The number of nitrogens with one attached hydrogen (secondary N) is 4. The topological polar surface area (TPSA) is 250 Å². The minimum atomic E-state index is -1.73. The van der Waals surface area contributed by atoms with Crippen LogP contribution in [0.2, 0.25) is 0 Å². The van der Waals surface area contributed by atoms with Crippen LogP contribution in [0.15, 0.2) is 84.9 Å². The molecular weight excluding hydrogens is 849 g/mol. The van der Waals surface area contributed by atoms with E-state index in [2.05, 4.69) is 58.8 Å². The fourth-order valence-electron chi connectivity index (χ4n) is 6.88. The summed E-state index contributed by atoms with van der Waals surface area (Å²) in [6.45, 7) is 6.76. The second-order valence-electron chi connectivity index (χ2n) is 15.5. The van der Waals surface area contributed by atoms with Gasteiger partial charge in [0, 0.05) is 49.5 Å². The Bertz CT molecular complexity index is 2250. The number of fused-ring (bicyclic) bond motifs is 5. The molecular formula is C48H64N8O8S. The number of ether oxygens (including phenoxy) is 2. The molecule has 4 aromatic rings. The number of carbonyl (C=O) groups excluding carboxylic acids is 5. The highest BCUT2D eigenvalue weighted by Gasteiger charge is 2.33. The summed E-state index contributed by atoms with van der Waals surface area (Å²) in [4.78, 5) is 69.5. The van der Waals surface area contributed by atoms with Crippen LogP contribution >= 0.6 is 0 Å². The van der Waals surface area contributed by atoms with E-state index in [0.717, 1.165) is 43.4 Å². The summed E-state index contributed by atoms with van der Waals surface area (Å²) in [5.74, 6) is -2.40. The first-order valence-electron chi connectivity index (χ1n) is 21.9. The van der Waals surface area contributed by atoms with E-state index < -0.39 is 65.2 Å². The minimum Gasteiger partial charge on any atom is -0.492 e. The third kappa shape index (κ3) is 15.0. The first kappa shape index (κ1) is 51.5. The highest BCUT2D eigenvalue weighted by atomic mass is 32.2. The number of rotatable bonds is 17. The molecule has 0 saturated heterocycles. The van der Waals surface area contributed by atoms with Crippen LogP contribution < -0.4 is 47.3 Å². The smallest absolute Gasteiger partial charge is 0.254 e. The Labute approximate surface area is 384 Å². The Hall–Kier alpha value is -6.14. The molecule has 0 aromatic heterocycles. The van der Waals surface area contributed by atoms with Crippen LogP contribution in [0.1, 0.15) is 73.1 Å². The van der Waals surface area contributed by atoms with Gasteiger partial charge < -0.3 is 47.5 Å². The van der Waals surface area contributed by atoms with Crippen molar-refractivity contribution in [1.82, 2.24) is 25.6 Å². The molecule has 5 rings (SSSR count). The lowest BCUT2D eigenvalue weighted by molar-refractivity contribution is -0.139. The van der Waals surface area contributed by atoms with Crippen molar-refractivity contribution in [3.63, 3.8) is 0 Å². The van der Waals surface area contributed by atoms with Crippen LogP contribution in [0.5, 0.6) is 11.5 Å². The lowest BCUT2D eigenvalue weighted by atomic mass is 9.93. The summed E-state index contributed by atoms with van der Waals surface area (Å²) in [5.41, 5.74) is 22.1. The number of carbonyl (C=O) groups is 5. The molecule has 4 atom stereocenters. The van der Waals surface area contributed by atoms with Gasteiger partial charge in [-0.15, -0.1) is 0 Å². The maximum Gasteiger partial charge on any atom is 0.254 e. The highest BCUT2D eigenvalue weighted by Crippen LogP contribution is 2.40. The maximum atomic E-state index is 14.3. The van der Waals surface area contributed by atoms with Gasteiger partial charge in [-0.3, -0.25) is 28.7 Å². The number of nitrogens with two attached hydrogens (primary N) is 3. The summed E-state index contributed by atoms with van der Waals surface area (Å²) >= 11 is 0. The van der Waals surface area contributed by atoms with Crippen LogP contribution in [0.4, 0.5) is 0 Å². The van der Waals surface area contributed by atoms with E-state index in [-0.39, 0.29) is 32.7 Å². The Balaban J connectivity index is 0.00000222. The molecule has 5 amide bonds. The molecule has 350 valence electrons. The van der Waals surface area contributed by atoms with E-state index in [1.54, 1.807) is 48.5 Å². The third-order valence-electron chi connectivity index (χ3n) is 10.4. The van der Waals surface area contributed by atoms with E-state index in [4.69, 9.17) is 26.7 Å². The van der Waals surface area contributed by atoms with Gasteiger partial charge in [0.15, 0.2) is 0 Å². The number of amides is 5. The second kappa shape index (κ2) is 26.0. The molecule has 1 heterocycles. The molecule has 10 N–H and O–H groups in total. The number of hydrogen-bond acceptors (Lipinski definition) is 11. The molecule has 0 saturated carbocycles. The average Bonchev–Trinajstić information content (AvgIpc) is 3.31. The lowest BCUT2D eigenvalue weighted by Crippen LogP contribution is -2.55. The number of hydrogen-bond donors (Lipinski definition) is 7. The Morgan fingerprint density at radius 1 is 0.785 bits per heavy atom. The van der Waals surface area contributed by atoms with Gasteiger partial charge in [0.2, 0.25) is 17.7 Å². The molecule has 0 aliphatic carbocycles. The third-order valence-corrected chi connectivity index (χ3v) is 10.9. The molecule has 0 fully saturated rings. The summed E-state index contributed by atoms with van der Waals surface area (Å²) in [6.07, 6.45) is 5.65. The average molecular weight is 913 g/mol. The largest absolute Gasteiger partial charge is 0.492 e. The van der Waals surface area contributed by atoms with Gasteiger partial charge in [0.1, 0.15) is 53.8 Å². The molecule has 1 aliphatic heterocycles. The van der Waals surface area contributed by atoms with Crippen LogP contribution in [0, 0.1) is 0 Å². The van der Waals surface area contributed by atoms with E-state index in [0.29, 0.717) is 39.3 Å². The zero-order valence-corrected chi connectivity index (χ0v) is 38.8. The SMILES string of the molecule is CCCCc1ccc(-c2ccc(C(=O)NCC(=O)N(C)C3C(=O)N[C@@H](C)C(=O)NC(C(=O)NS(C)=O)Cc4ccc(OCCN)c(c4)-c4cc3ccc4OCCN)cc2)cc1.CCCN. The predicted molar refractivity (Wildman–Crippen MR) is 254 cm³/mol. The molecule has 3 unspecified atom stereocenters. The number of nitrogens with zero attached hydrogens (tertiary/aromatic N) is 1. The van der Waals surface area contributed by atoms with Crippen molar-refractivity contribution in [2.24, 2.45) is 17.2 Å². The van der Waals surface area contributed by atoms with Crippen LogP contribution in [-0.2, 0) is 43.0 Å². The molecule has 1 aliphatic rings. The Kier molecular flexibility index (Phi) is 20.6. The molecule has 0 spiro atoms. The van der Waals surface area contributed by atoms with Crippen molar-refractivity contribution in [3.8, 4) is 33.8 Å². The van der Waals surface area contributed by atoms with Crippen molar-refractivity contribution >= 4 is 40.5 Å². The van der Waals surface area contributed by atoms with Gasteiger partial charge in [-0.05, 0) is 96.9 Å². The normalized spacial score (nSPS) is 16.3. The van der Waals surface area contributed by atoms with Gasteiger partial charge >= 0.3 is 0 Å². The van der Waals surface area contributed by atoms with Gasteiger partial charge in [-0.1, -0.05) is 68.8 Å². The van der Waals surface area contributed by atoms with Crippen LogP contribution in [0.3, 0.4) is 0 Å². The van der Waals surface area contributed by atoms with Crippen molar-refractivity contribution in [3.05, 3.63) is 107 Å². The minimum absolute atomic E-state index is 0.0129. The molecule has 4 aromatic carbocycles. The first-order chi connectivity index (χ1) is 31.2. The van der Waals surface area contributed by atoms with Crippen LogP contribution in [0.25, 0.3) is 22.3 Å². The van der Waals surface area contributed by atoms with Crippen molar-refractivity contribution in [2.45, 2.75) is 71.0 Å². The van der Waals surface area contributed by atoms with Crippen molar-refractivity contribution in [1.29, 1.82) is 0 Å². The summed E-state index contributed by atoms with van der Waals surface area (Å²) in [7, 11) is -0.307. The van der Waals surface area contributed by atoms with E-state index in [1.807, 2.05) is 12.1 Å². The zero-order valence-electron chi connectivity index (χ0n) is 37.9. The van der Waals surface area contributed by atoms with E-state index >= 15 is 0 Å². The van der Waals surface area contributed by atoms with Gasteiger partial charge in [0.05, 0.1) is 6.54 Å². The van der Waals surface area contributed by atoms with Crippen LogP contribution in [-0.4, -0.2) is 103 Å². The fraction of sp³-hybridized carbons (Fsp3) is 0.396. The quantitative estimate of drug-likeness (QED) is 0.0810. The summed E-state index contributed by atoms with van der Waals surface area (Å²) in [5, 5.41) is 8.03. The Morgan fingerprint density at radius 2 is 1.37 bits per heavy atom. The fourth-order valence-corrected chi connectivity index (χ4v) is 7.31.